The van der Waals surface area contributed by atoms with E-state index in [1.807, 2.05) is 56.7 Å². The molecule has 0 N–H and O–H groups in total. The topological polar surface area (TPSA) is 51.6 Å². The van der Waals surface area contributed by atoms with Crippen LogP contribution >= 0.6 is 80.1 Å². The quantitative estimate of drug-likeness (QED) is 0.167. The maximum Gasteiger partial charge on any atom is 0.113 e. The lowest BCUT2D eigenvalue weighted by Gasteiger charge is -2.35. The van der Waals surface area contributed by atoms with Gasteiger partial charge in [-0.3, -0.25) is 0 Å². The third-order valence-electron chi connectivity index (χ3n) is 15.6. The minimum Gasteiger partial charge on any atom is -0.173 e. The molecule has 7 aromatic heterocycles. The maximum atomic E-state index is 4.81. The lowest BCUT2D eigenvalue weighted by molar-refractivity contribution is 0.766. The van der Waals surface area contributed by atoms with E-state index in [1.165, 1.54) is 149 Å². The molecule has 0 radical (unpaired) electrons. The number of benzene rings is 7. The zero-order chi connectivity index (χ0) is 48.5. The Kier molecular flexibility index (Phi) is 9.11. The predicted octanol–water partition coefficient (Wildman–Crippen LogP) is 18.8. The molecule has 0 spiro atoms. The monoisotopic (exact) mass is 1060 g/mol. The normalized spacial score (nSPS) is 14.2. The fourth-order valence-electron chi connectivity index (χ4n) is 12.2. The van der Waals surface area contributed by atoms with Gasteiger partial charge >= 0.3 is 0 Å². The number of thiophene rings is 5. The van der Waals surface area contributed by atoms with Gasteiger partial charge in [0.1, 0.15) is 22.1 Å². The Bertz CT molecular complexity index is 4500. The lowest BCUT2D eigenvalue weighted by Crippen LogP contribution is -2.30. The second kappa shape index (κ2) is 15.5. The molecular formula is C62H38N4S7. The molecular weight excluding hydrogens is 1030 g/mol. The second-order valence-corrected chi connectivity index (χ2v) is 26.0. The first-order valence-corrected chi connectivity index (χ1v) is 29.8. The van der Waals surface area contributed by atoms with Crippen molar-refractivity contribution < 1.29 is 0 Å². The standard InChI is InChI=1S/C62H38N4S7/c1-31-11-19-35(20-12-31)61(36-21-13-32(2)14-22-36)43-28-42-44(27-41(43)55-51(61)57-49(69-55)29-47(67-57)39-7-5-9-45-53(39)65-72-63-45)62(37-23-15-33(3)16-24-37,38-25-17-34(4)18-26-38)52-56(42)71-60-58-50(70-59(52)60)30-48(68-58)40-8-6-10-46-54(40)66-73-64-46/h5-30H,1-4H3. The number of aryl methyl sites for hydroxylation is 4. The summed E-state index contributed by atoms with van der Waals surface area (Å²) in [4.78, 5) is 5.20. The van der Waals surface area contributed by atoms with Gasteiger partial charge in [-0.2, -0.15) is 17.5 Å². The molecule has 0 bridgehead atoms. The molecule has 2 aliphatic carbocycles. The van der Waals surface area contributed by atoms with Gasteiger partial charge in [-0.05, 0) is 109 Å². The van der Waals surface area contributed by atoms with Crippen LogP contribution < -0.4 is 0 Å². The number of nitrogens with zero attached hydrogens (tertiary/aromatic N) is 4. The summed E-state index contributed by atoms with van der Waals surface area (Å²) < 4.78 is 26.9. The number of rotatable bonds is 6. The van der Waals surface area contributed by atoms with Gasteiger partial charge in [0.15, 0.2) is 0 Å². The fraction of sp³-hybridized carbons (Fsp3) is 0.0968. The highest BCUT2D eigenvalue weighted by Crippen LogP contribution is 2.69. The first-order chi connectivity index (χ1) is 35.8. The van der Waals surface area contributed by atoms with Gasteiger partial charge in [0, 0.05) is 51.2 Å². The maximum absolute atomic E-state index is 4.81. The van der Waals surface area contributed by atoms with Crippen molar-refractivity contribution in [2.24, 2.45) is 0 Å². The molecule has 16 rings (SSSR count). The highest BCUT2D eigenvalue weighted by atomic mass is 32.1. The molecule has 2 aliphatic rings. The highest BCUT2D eigenvalue weighted by Gasteiger charge is 2.54. The molecule has 0 fully saturated rings. The smallest absolute Gasteiger partial charge is 0.113 e. The van der Waals surface area contributed by atoms with Crippen molar-refractivity contribution in [3.63, 3.8) is 0 Å². The minimum atomic E-state index is -0.606. The molecule has 0 saturated carbocycles. The Morgan fingerprint density at radius 1 is 0.342 bits per heavy atom. The van der Waals surface area contributed by atoms with E-state index in [9.17, 15) is 0 Å². The van der Waals surface area contributed by atoms with Crippen molar-refractivity contribution in [3.05, 3.63) is 224 Å². The summed E-state index contributed by atoms with van der Waals surface area (Å²) in [6.07, 6.45) is 0. The van der Waals surface area contributed by atoms with Crippen molar-refractivity contribution >= 4 is 130 Å². The molecule has 11 heteroatoms. The lowest BCUT2D eigenvalue weighted by atomic mass is 9.65. The van der Waals surface area contributed by atoms with Gasteiger partial charge in [0.2, 0.25) is 0 Å². The molecule has 4 nitrogen and oxygen atoms in total. The van der Waals surface area contributed by atoms with Crippen LogP contribution in [0.3, 0.4) is 0 Å². The summed E-state index contributed by atoms with van der Waals surface area (Å²) in [6, 6.07) is 60.8. The Hall–Kier alpha value is -6.54. The van der Waals surface area contributed by atoms with E-state index < -0.39 is 10.8 Å². The van der Waals surface area contributed by atoms with Crippen LogP contribution in [0, 0.1) is 27.7 Å². The van der Waals surface area contributed by atoms with Gasteiger partial charge < -0.3 is 0 Å². The van der Waals surface area contributed by atoms with E-state index in [0.29, 0.717) is 0 Å². The van der Waals surface area contributed by atoms with Gasteiger partial charge in [-0.1, -0.05) is 144 Å². The zero-order valence-electron chi connectivity index (χ0n) is 39.7. The summed E-state index contributed by atoms with van der Waals surface area (Å²) in [5.74, 6) is 0. The van der Waals surface area contributed by atoms with Crippen LogP contribution in [0.5, 0.6) is 0 Å². The van der Waals surface area contributed by atoms with E-state index in [0.717, 1.165) is 33.2 Å². The van der Waals surface area contributed by atoms with Gasteiger partial charge in [-0.25, -0.2) is 0 Å². The van der Waals surface area contributed by atoms with E-state index in [4.69, 9.17) is 8.75 Å². The highest BCUT2D eigenvalue weighted by molar-refractivity contribution is 7.40. The van der Waals surface area contributed by atoms with Crippen LogP contribution in [0.1, 0.15) is 66.8 Å². The SMILES string of the molecule is Cc1ccc(C2(c3ccc(C)cc3)c3cc4c(cc3-c3sc5cc(-c6cccc7nsnc67)sc5c32)C(c2ccc(C)cc2)(c2ccc(C)cc2)c2c-4sc3c2sc2cc(-c4cccc5nsnc45)sc23)cc1. The first kappa shape index (κ1) is 42.9. The van der Waals surface area contributed by atoms with Crippen LogP contribution in [0.4, 0.5) is 0 Å². The number of aromatic nitrogens is 4. The third kappa shape index (κ3) is 5.79. The van der Waals surface area contributed by atoms with E-state index in [1.54, 1.807) is 0 Å². The van der Waals surface area contributed by atoms with Crippen molar-refractivity contribution in [1.82, 2.24) is 17.5 Å². The summed E-state index contributed by atoms with van der Waals surface area (Å²) in [6.45, 7) is 8.82. The summed E-state index contributed by atoms with van der Waals surface area (Å²) in [5, 5.41) is 0. The minimum absolute atomic E-state index is 0.589. The van der Waals surface area contributed by atoms with Gasteiger partial charge in [0.25, 0.3) is 0 Å². The number of fused-ring (bicyclic) bond motifs is 14. The molecule has 0 aliphatic heterocycles. The van der Waals surface area contributed by atoms with Crippen molar-refractivity contribution in [3.8, 4) is 41.8 Å². The van der Waals surface area contributed by atoms with Crippen molar-refractivity contribution in [2.45, 2.75) is 38.5 Å². The molecule has 14 aromatic rings. The Balaban J connectivity index is 1.03. The zero-order valence-corrected chi connectivity index (χ0v) is 45.4. The van der Waals surface area contributed by atoms with Crippen LogP contribution in [0.2, 0.25) is 0 Å². The van der Waals surface area contributed by atoms with Crippen LogP contribution in [-0.2, 0) is 10.8 Å². The molecule has 0 amide bonds. The van der Waals surface area contributed by atoms with Gasteiger partial charge in [-0.15, -0.1) is 56.7 Å². The van der Waals surface area contributed by atoms with Crippen molar-refractivity contribution in [1.29, 1.82) is 0 Å². The molecule has 7 aromatic carbocycles. The van der Waals surface area contributed by atoms with Gasteiger partial charge in [0.05, 0.1) is 53.1 Å². The fourth-order valence-corrected chi connectivity index (χ4v) is 20.5. The molecule has 0 atom stereocenters. The number of hydrogen-bond acceptors (Lipinski definition) is 11. The van der Waals surface area contributed by atoms with E-state index in [2.05, 4.69) is 194 Å². The summed E-state index contributed by atoms with van der Waals surface area (Å²) in [7, 11) is 0. The largest absolute Gasteiger partial charge is 0.173 e. The summed E-state index contributed by atoms with van der Waals surface area (Å²) in [5.41, 5.74) is 23.3. The third-order valence-corrected chi connectivity index (χ3v) is 23.1. The molecule has 348 valence electrons. The Morgan fingerprint density at radius 3 is 1.22 bits per heavy atom. The first-order valence-electron chi connectivity index (χ1n) is 24.2. The Labute approximate surface area is 448 Å². The molecule has 0 unspecified atom stereocenters. The average molecular weight is 1060 g/mol. The molecule has 7 heterocycles. The second-order valence-electron chi connectivity index (χ2n) is 19.8. The number of hydrogen-bond donors (Lipinski definition) is 0. The van der Waals surface area contributed by atoms with E-state index in [-0.39, 0.29) is 0 Å². The Morgan fingerprint density at radius 2 is 0.753 bits per heavy atom. The summed E-state index contributed by atoms with van der Waals surface area (Å²) >= 11 is 12.3. The van der Waals surface area contributed by atoms with Crippen LogP contribution in [0.15, 0.2) is 158 Å². The average Bonchev–Trinajstić information content (AvgIpc) is 4.28. The van der Waals surface area contributed by atoms with E-state index >= 15 is 0 Å². The van der Waals surface area contributed by atoms with Crippen LogP contribution in [-0.4, -0.2) is 17.5 Å². The van der Waals surface area contributed by atoms with Crippen LogP contribution in [0.25, 0.3) is 92.0 Å². The molecule has 0 saturated heterocycles. The predicted molar refractivity (Wildman–Crippen MR) is 315 cm³/mol. The molecule has 73 heavy (non-hydrogen) atoms. The van der Waals surface area contributed by atoms with Crippen molar-refractivity contribution in [2.75, 3.05) is 0 Å².